The average Bonchev–Trinajstić information content (AvgIpc) is 2.93. The summed E-state index contributed by atoms with van der Waals surface area (Å²) < 4.78 is 27.2. The van der Waals surface area contributed by atoms with Crippen LogP contribution in [0, 0.1) is 0 Å². The lowest BCUT2D eigenvalue weighted by atomic mass is 9.84. The first-order valence-electron chi connectivity index (χ1n) is 16.5. The maximum absolute atomic E-state index is 13.4. The highest BCUT2D eigenvalue weighted by molar-refractivity contribution is 5.72. The molecule has 1 aliphatic heterocycles. The molecule has 0 aromatic carbocycles. The summed E-state index contributed by atoms with van der Waals surface area (Å²) in [6.07, 6.45) is 2.84. The topological polar surface area (TPSA) is 141 Å². The summed E-state index contributed by atoms with van der Waals surface area (Å²) in [5, 5.41) is 0. The van der Waals surface area contributed by atoms with Crippen molar-refractivity contribution in [1.82, 2.24) is 14.7 Å². The van der Waals surface area contributed by atoms with Crippen LogP contribution in [0.3, 0.4) is 0 Å². The molecule has 1 fully saturated rings. The number of rotatable bonds is 21. The van der Waals surface area contributed by atoms with Crippen LogP contribution in [0.2, 0.25) is 0 Å². The predicted octanol–water partition coefficient (Wildman–Crippen LogP) is 2.96. The van der Waals surface area contributed by atoms with Crippen molar-refractivity contribution in [3.8, 4) is 0 Å². The molecular weight excluding hydrogens is 598 g/mol. The number of ether oxygens (including phenoxy) is 5. The Morgan fingerprint density at radius 1 is 0.804 bits per heavy atom. The fraction of sp³-hybridized carbons (Fsp3) is 0.848. The van der Waals surface area contributed by atoms with Crippen molar-refractivity contribution in [3.05, 3.63) is 0 Å². The first-order valence-corrected chi connectivity index (χ1v) is 16.5. The largest absolute Gasteiger partial charge is 0.468 e. The third-order valence-electron chi connectivity index (χ3n) is 7.84. The van der Waals surface area contributed by atoms with Crippen molar-refractivity contribution in [2.45, 2.75) is 123 Å². The number of carbonyl (C=O) groups excluding carboxylic acids is 5. The van der Waals surface area contributed by atoms with E-state index in [1.54, 1.807) is 0 Å². The van der Waals surface area contributed by atoms with E-state index in [-0.39, 0.29) is 38.3 Å². The van der Waals surface area contributed by atoms with Gasteiger partial charge in [0.25, 0.3) is 19.4 Å². The second-order valence-corrected chi connectivity index (χ2v) is 14.0. The summed E-state index contributed by atoms with van der Waals surface area (Å²) in [4.78, 5) is 66.3. The SMILES string of the molecule is CCC(CN1CCN(CC(=O)OC(C)(C)C)CC(CCCCOC=O)(N(CC(=O)OC(C)(C)C)CC(CC)OC=O)CC1)OC=O. The Morgan fingerprint density at radius 2 is 1.39 bits per heavy atom. The van der Waals surface area contributed by atoms with Crippen LogP contribution in [0.5, 0.6) is 0 Å². The van der Waals surface area contributed by atoms with E-state index in [0.29, 0.717) is 90.7 Å². The lowest BCUT2D eigenvalue weighted by Crippen LogP contribution is -2.62. The molecule has 1 aliphatic rings. The Bertz CT molecular complexity index is 936. The molecule has 46 heavy (non-hydrogen) atoms. The van der Waals surface area contributed by atoms with Gasteiger partial charge in [-0.3, -0.25) is 38.7 Å². The van der Waals surface area contributed by atoms with Crippen molar-refractivity contribution >= 4 is 31.4 Å². The van der Waals surface area contributed by atoms with E-state index >= 15 is 0 Å². The molecule has 0 bridgehead atoms. The van der Waals surface area contributed by atoms with Crippen LogP contribution in [0.1, 0.15) is 93.9 Å². The smallest absolute Gasteiger partial charge is 0.320 e. The summed E-state index contributed by atoms with van der Waals surface area (Å²) in [6, 6.07) is 0. The van der Waals surface area contributed by atoms with E-state index in [0.717, 1.165) is 0 Å². The Balaban J connectivity index is 3.67. The second-order valence-electron chi connectivity index (χ2n) is 14.0. The zero-order valence-electron chi connectivity index (χ0n) is 29.4. The van der Waals surface area contributed by atoms with Crippen molar-refractivity contribution in [3.63, 3.8) is 0 Å². The van der Waals surface area contributed by atoms with Gasteiger partial charge in [0.1, 0.15) is 23.4 Å². The average molecular weight is 658 g/mol. The van der Waals surface area contributed by atoms with E-state index in [1.807, 2.05) is 65.2 Å². The highest BCUT2D eigenvalue weighted by Gasteiger charge is 2.42. The third kappa shape index (κ3) is 16.7. The van der Waals surface area contributed by atoms with Gasteiger partial charge in [0.2, 0.25) is 0 Å². The van der Waals surface area contributed by atoms with Gasteiger partial charge in [-0.05, 0) is 80.1 Å². The normalized spacial score (nSPS) is 19.7. The predicted molar refractivity (Wildman–Crippen MR) is 172 cm³/mol. The molecule has 0 spiro atoms. The summed E-state index contributed by atoms with van der Waals surface area (Å²) >= 11 is 0. The minimum Gasteiger partial charge on any atom is -0.468 e. The minimum atomic E-state index is -0.709. The molecule has 266 valence electrons. The molecule has 0 amide bonds. The van der Waals surface area contributed by atoms with Gasteiger partial charge in [-0.15, -0.1) is 0 Å². The molecule has 0 aromatic heterocycles. The van der Waals surface area contributed by atoms with Gasteiger partial charge in [-0.25, -0.2) is 0 Å². The molecule has 0 N–H and O–H groups in total. The highest BCUT2D eigenvalue weighted by Crippen LogP contribution is 2.32. The van der Waals surface area contributed by atoms with Crippen molar-refractivity contribution in [1.29, 1.82) is 0 Å². The van der Waals surface area contributed by atoms with Crippen LogP contribution >= 0.6 is 0 Å². The number of hydrogen-bond acceptors (Lipinski definition) is 13. The second kappa shape index (κ2) is 20.5. The fourth-order valence-electron chi connectivity index (χ4n) is 5.70. The number of unbranched alkanes of at least 4 members (excludes halogenated alkanes) is 1. The molecular formula is C33H59N3O10. The molecule has 0 saturated carbocycles. The molecule has 13 heteroatoms. The van der Waals surface area contributed by atoms with E-state index in [1.165, 1.54) is 0 Å². The van der Waals surface area contributed by atoms with Crippen LogP contribution in [0.25, 0.3) is 0 Å². The van der Waals surface area contributed by atoms with E-state index in [4.69, 9.17) is 23.7 Å². The summed E-state index contributed by atoms with van der Waals surface area (Å²) in [7, 11) is 0. The monoisotopic (exact) mass is 657 g/mol. The van der Waals surface area contributed by atoms with Gasteiger partial charge in [0.05, 0.1) is 19.7 Å². The van der Waals surface area contributed by atoms with Crippen LogP contribution in [-0.2, 0) is 47.7 Å². The zero-order valence-corrected chi connectivity index (χ0v) is 29.4. The first kappa shape index (κ1) is 41.3. The molecule has 0 aliphatic carbocycles. The molecule has 0 aromatic rings. The van der Waals surface area contributed by atoms with E-state index in [9.17, 15) is 24.0 Å². The standard InChI is InChI=1S/C33H59N3O10/c1-9-27(43-25-38)19-34-15-14-33(13-11-12-18-42-24-37,23-35(17-16-34)21-29(40)45-31(3,4)5)36(20-28(10-2)44-26-39)22-30(41)46-32(6,7)8/h24-28H,9-23H2,1-8H3. The zero-order chi connectivity index (χ0) is 34.8. The van der Waals surface area contributed by atoms with Gasteiger partial charge in [-0.1, -0.05) is 13.8 Å². The lowest BCUT2D eigenvalue weighted by Gasteiger charge is -2.50. The first-order chi connectivity index (χ1) is 21.6. The van der Waals surface area contributed by atoms with Gasteiger partial charge < -0.3 is 23.7 Å². The highest BCUT2D eigenvalue weighted by atomic mass is 16.6. The van der Waals surface area contributed by atoms with Gasteiger partial charge in [0, 0.05) is 44.8 Å². The fourth-order valence-corrected chi connectivity index (χ4v) is 5.70. The van der Waals surface area contributed by atoms with Crippen molar-refractivity contribution in [2.24, 2.45) is 0 Å². The quantitative estimate of drug-likeness (QED) is 0.0774. The van der Waals surface area contributed by atoms with Crippen molar-refractivity contribution < 1.29 is 47.7 Å². The molecule has 3 atom stereocenters. The van der Waals surface area contributed by atoms with Gasteiger partial charge in [0.15, 0.2) is 0 Å². The van der Waals surface area contributed by atoms with Gasteiger partial charge >= 0.3 is 11.9 Å². The molecule has 1 saturated heterocycles. The third-order valence-corrected chi connectivity index (χ3v) is 7.84. The van der Waals surface area contributed by atoms with Crippen LogP contribution in [-0.4, -0.2) is 134 Å². The Morgan fingerprint density at radius 3 is 1.96 bits per heavy atom. The molecule has 1 heterocycles. The Hall–Kier alpha value is -2.77. The van der Waals surface area contributed by atoms with Gasteiger partial charge in [-0.2, -0.15) is 0 Å². The van der Waals surface area contributed by atoms with Crippen molar-refractivity contribution in [2.75, 3.05) is 59.0 Å². The summed E-state index contributed by atoms with van der Waals surface area (Å²) in [5.41, 5.74) is -2.06. The van der Waals surface area contributed by atoms with E-state index in [2.05, 4.69) is 4.90 Å². The maximum atomic E-state index is 13.4. The number of nitrogens with zero attached hydrogens (tertiary/aromatic N) is 3. The summed E-state index contributed by atoms with van der Waals surface area (Å²) in [6.45, 7) is 19.3. The Kier molecular flexibility index (Phi) is 18.4. The minimum absolute atomic E-state index is 0.0332. The summed E-state index contributed by atoms with van der Waals surface area (Å²) in [5.74, 6) is -0.779. The molecule has 1 rings (SSSR count). The van der Waals surface area contributed by atoms with Crippen LogP contribution in [0.15, 0.2) is 0 Å². The van der Waals surface area contributed by atoms with E-state index < -0.39 is 28.8 Å². The van der Waals surface area contributed by atoms with Crippen LogP contribution < -0.4 is 0 Å². The molecule has 3 unspecified atom stereocenters. The van der Waals surface area contributed by atoms with Crippen LogP contribution in [0.4, 0.5) is 0 Å². The molecule has 13 nitrogen and oxygen atoms in total. The number of carbonyl (C=O) groups is 5. The molecule has 0 radical (unpaired) electrons. The number of esters is 2. The maximum Gasteiger partial charge on any atom is 0.320 e. The number of hydrogen-bond donors (Lipinski definition) is 0. The Labute approximate surface area is 275 Å². The lowest BCUT2D eigenvalue weighted by molar-refractivity contribution is -0.162.